The molecule has 38 heavy (non-hydrogen) atoms. The highest BCUT2D eigenvalue weighted by Gasteiger charge is 2.29. The van der Waals surface area contributed by atoms with E-state index in [2.05, 4.69) is 24.3 Å². The molecule has 0 unspecified atom stereocenters. The Morgan fingerprint density at radius 3 is 2.24 bits per heavy atom. The Kier molecular flexibility index (Phi) is 9.05. The molecule has 1 N–H and O–H groups in total. The molecule has 8 heteroatoms. The van der Waals surface area contributed by atoms with E-state index in [0.717, 1.165) is 42.8 Å². The Morgan fingerprint density at radius 1 is 0.974 bits per heavy atom. The number of nitrogens with one attached hydrogen (secondary N) is 1. The lowest BCUT2D eigenvalue weighted by Crippen LogP contribution is -2.48. The molecule has 0 radical (unpaired) electrons. The molecule has 0 saturated carbocycles. The van der Waals surface area contributed by atoms with Crippen LogP contribution in [0.3, 0.4) is 0 Å². The third-order valence-electron chi connectivity index (χ3n) is 6.82. The summed E-state index contributed by atoms with van der Waals surface area (Å²) in [4.78, 5) is 28.8. The van der Waals surface area contributed by atoms with Crippen molar-refractivity contribution >= 4 is 11.8 Å². The molecule has 2 heterocycles. The minimum Gasteiger partial charge on any atom is -0.496 e. The standard InChI is InChI=1S/C30H38N4O4/c1-21(2)20-34-25(28-26(37-3)13-10-14-27(28)38-4)19-24(32-34)29(35)31-23(30(36)33-17-8-9-18-33)16-15-22-11-6-5-7-12-22/h5-7,10-14,19,21,23H,8-9,15-18,20H2,1-4H3,(H,31,35)/t23-/m0/s1. The topological polar surface area (TPSA) is 85.7 Å². The van der Waals surface area contributed by atoms with Gasteiger partial charge in [-0.2, -0.15) is 5.10 Å². The van der Waals surface area contributed by atoms with Gasteiger partial charge in [0, 0.05) is 19.6 Å². The molecule has 8 nitrogen and oxygen atoms in total. The average Bonchev–Trinajstić information content (AvgIpc) is 3.61. The molecule has 1 saturated heterocycles. The Bertz CT molecular complexity index is 1210. The number of methoxy groups -OCH3 is 2. The third kappa shape index (κ3) is 6.36. The summed E-state index contributed by atoms with van der Waals surface area (Å²) in [5, 5.41) is 7.69. The van der Waals surface area contributed by atoms with Gasteiger partial charge >= 0.3 is 0 Å². The van der Waals surface area contributed by atoms with Crippen molar-refractivity contribution < 1.29 is 19.1 Å². The normalized spacial score (nSPS) is 14.0. The molecule has 4 rings (SSSR count). The van der Waals surface area contributed by atoms with Crippen LogP contribution >= 0.6 is 0 Å². The number of nitrogens with zero attached hydrogens (tertiary/aromatic N) is 3. The maximum Gasteiger partial charge on any atom is 0.272 e. The number of carbonyl (C=O) groups is 2. The van der Waals surface area contributed by atoms with E-state index in [0.29, 0.717) is 36.8 Å². The smallest absolute Gasteiger partial charge is 0.272 e. The van der Waals surface area contributed by atoms with Crippen molar-refractivity contribution in [1.82, 2.24) is 20.0 Å². The van der Waals surface area contributed by atoms with E-state index >= 15 is 0 Å². The number of ether oxygens (including phenoxy) is 2. The summed E-state index contributed by atoms with van der Waals surface area (Å²) in [6.07, 6.45) is 3.20. The Balaban J connectivity index is 1.63. The van der Waals surface area contributed by atoms with Gasteiger partial charge in [-0.1, -0.05) is 50.2 Å². The molecule has 1 aromatic heterocycles. The minimum absolute atomic E-state index is 0.0278. The summed E-state index contributed by atoms with van der Waals surface area (Å²) < 4.78 is 13.1. The SMILES string of the molecule is COc1cccc(OC)c1-c1cc(C(=O)N[C@@H](CCc2ccccc2)C(=O)N2CCCC2)nn1CC(C)C. The fraction of sp³-hybridized carbons (Fsp3) is 0.433. The van der Waals surface area contributed by atoms with Crippen LogP contribution in [0.4, 0.5) is 0 Å². The van der Waals surface area contributed by atoms with Crippen molar-refractivity contribution in [3.63, 3.8) is 0 Å². The maximum atomic E-state index is 13.6. The molecule has 0 spiro atoms. The number of likely N-dealkylation sites (tertiary alicyclic amines) is 1. The van der Waals surface area contributed by atoms with Gasteiger partial charge in [0.1, 0.15) is 17.5 Å². The second kappa shape index (κ2) is 12.6. The van der Waals surface area contributed by atoms with E-state index in [1.165, 1.54) is 0 Å². The van der Waals surface area contributed by atoms with Crippen LogP contribution in [-0.4, -0.2) is 59.8 Å². The maximum absolute atomic E-state index is 13.6. The summed E-state index contributed by atoms with van der Waals surface area (Å²) >= 11 is 0. The largest absolute Gasteiger partial charge is 0.496 e. The van der Waals surface area contributed by atoms with Crippen molar-refractivity contribution in [3.05, 3.63) is 65.9 Å². The van der Waals surface area contributed by atoms with Gasteiger partial charge in [-0.3, -0.25) is 14.3 Å². The number of aryl methyl sites for hydroxylation is 1. The van der Waals surface area contributed by atoms with Gasteiger partial charge in [-0.25, -0.2) is 0 Å². The zero-order chi connectivity index (χ0) is 27.1. The molecule has 1 aliphatic heterocycles. The molecule has 1 fully saturated rings. The molecular weight excluding hydrogens is 480 g/mol. The summed E-state index contributed by atoms with van der Waals surface area (Å²) in [6, 6.07) is 16.7. The number of carbonyl (C=O) groups excluding carboxylic acids is 2. The first kappa shape index (κ1) is 27.2. The van der Waals surface area contributed by atoms with Crippen LogP contribution in [0, 0.1) is 5.92 Å². The van der Waals surface area contributed by atoms with Crippen molar-refractivity contribution in [3.8, 4) is 22.8 Å². The van der Waals surface area contributed by atoms with Crippen molar-refractivity contribution in [2.75, 3.05) is 27.3 Å². The monoisotopic (exact) mass is 518 g/mol. The van der Waals surface area contributed by atoms with E-state index in [4.69, 9.17) is 9.47 Å². The van der Waals surface area contributed by atoms with Crippen molar-refractivity contribution in [2.24, 2.45) is 5.92 Å². The predicted octanol–water partition coefficient (Wildman–Crippen LogP) is 4.58. The van der Waals surface area contributed by atoms with Gasteiger partial charge in [0.2, 0.25) is 5.91 Å². The second-order valence-corrected chi connectivity index (χ2v) is 10.1. The first-order valence-electron chi connectivity index (χ1n) is 13.3. The Morgan fingerprint density at radius 2 is 1.63 bits per heavy atom. The van der Waals surface area contributed by atoms with Gasteiger partial charge in [0.05, 0.1) is 25.5 Å². The van der Waals surface area contributed by atoms with Crippen LogP contribution in [0.2, 0.25) is 0 Å². The van der Waals surface area contributed by atoms with Crippen LogP contribution < -0.4 is 14.8 Å². The number of amides is 2. The summed E-state index contributed by atoms with van der Waals surface area (Å²) in [5.74, 6) is 1.16. The predicted molar refractivity (Wildman–Crippen MR) is 147 cm³/mol. The fourth-order valence-corrected chi connectivity index (χ4v) is 4.92. The van der Waals surface area contributed by atoms with Gasteiger partial charge in [-0.05, 0) is 55.4 Å². The number of rotatable bonds is 11. The Hall–Kier alpha value is -3.81. The van der Waals surface area contributed by atoms with E-state index in [1.54, 1.807) is 20.3 Å². The van der Waals surface area contributed by atoms with E-state index in [9.17, 15) is 9.59 Å². The summed E-state index contributed by atoms with van der Waals surface area (Å²) in [5.41, 5.74) is 2.85. The molecule has 2 aromatic carbocycles. The highest BCUT2D eigenvalue weighted by atomic mass is 16.5. The van der Waals surface area contributed by atoms with E-state index in [-0.39, 0.29) is 17.5 Å². The molecule has 202 valence electrons. The molecule has 1 atom stereocenters. The first-order chi connectivity index (χ1) is 18.4. The molecule has 0 aliphatic carbocycles. The lowest BCUT2D eigenvalue weighted by atomic mass is 10.0. The number of hydrogen-bond donors (Lipinski definition) is 1. The quantitative estimate of drug-likeness (QED) is 0.402. The van der Waals surface area contributed by atoms with E-state index < -0.39 is 6.04 Å². The summed E-state index contributed by atoms with van der Waals surface area (Å²) in [6.45, 7) is 6.26. The Labute approximate surface area is 224 Å². The molecule has 2 amide bonds. The van der Waals surface area contributed by atoms with Crippen molar-refractivity contribution in [2.45, 2.75) is 52.1 Å². The number of aromatic nitrogens is 2. The molecular formula is C30H38N4O4. The lowest BCUT2D eigenvalue weighted by Gasteiger charge is -2.24. The fourth-order valence-electron chi connectivity index (χ4n) is 4.92. The first-order valence-corrected chi connectivity index (χ1v) is 13.3. The molecule has 0 bridgehead atoms. The third-order valence-corrected chi connectivity index (χ3v) is 6.82. The van der Waals surface area contributed by atoms with Gasteiger partial charge < -0.3 is 19.7 Å². The van der Waals surface area contributed by atoms with Gasteiger partial charge in [0.15, 0.2) is 5.69 Å². The molecule has 1 aliphatic rings. The van der Waals surface area contributed by atoms with E-state index in [1.807, 2.05) is 58.1 Å². The second-order valence-electron chi connectivity index (χ2n) is 10.1. The van der Waals surface area contributed by atoms with Crippen LogP contribution in [-0.2, 0) is 17.8 Å². The van der Waals surface area contributed by atoms with Crippen LogP contribution in [0.1, 0.15) is 49.2 Å². The minimum atomic E-state index is -0.625. The summed E-state index contributed by atoms with van der Waals surface area (Å²) in [7, 11) is 3.21. The average molecular weight is 519 g/mol. The molecule has 3 aromatic rings. The van der Waals surface area contributed by atoms with Crippen LogP contribution in [0.15, 0.2) is 54.6 Å². The number of benzene rings is 2. The van der Waals surface area contributed by atoms with Gasteiger partial charge in [-0.15, -0.1) is 0 Å². The van der Waals surface area contributed by atoms with Crippen LogP contribution in [0.25, 0.3) is 11.3 Å². The van der Waals surface area contributed by atoms with Crippen molar-refractivity contribution in [1.29, 1.82) is 0 Å². The lowest BCUT2D eigenvalue weighted by molar-refractivity contribution is -0.132. The number of hydrogen-bond acceptors (Lipinski definition) is 5. The zero-order valence-corrected chi connectivity index (χ0v) is 22.8. The van der Waals surface area contributed by atoms with Crippen LogP contribution in [0.5, 0.6) is 11.5 Å². The highest BCUT2D eigenvalue weighted by Crippen LogP contribution is 2.38. The van der Waals surface area contributed by atoms with Gasteiger partial charge in [0.25, 0.3) is 5.91 Å². The highest BCUT2D eigenvalue weighted by molar-refractivity contribution is 5.97. The zero-order valence-electron chi connectivity index (χ0n) is 22.8.